The average Bonchev–Trinajstić information content (AvgIpc) is 3.30. The largest absolute Gasteiger partial charge is 0.485 e. The molecule has 1 N–H and O–H groups in total. The Bertz CT molecular complexity index is 1610. The zero-order chi connectivity index (χ0) is 29.8. The van der Waals surface area contributed by atoms with Crippen LogP contribution in [0.5, 0.6) is 5.75 Å². The molecular formula is C29H34BrCl6N7O3. The van der Waals surface area contributed by atoms with Gasteiger partial charge in [-0.05, 0) is 59.3 Å². The highest BCUT2D eigenvalue weighted by molar-refractivity contribution is 9.10. The summed E-state index contributed by atoms with van der Waals surface area (Å²) in [5, 5.41) is 3.45. The minimum absolute atomic E-state index is 0. The molecule has 17 heteroatoms. The molecule has 252 valence electrons. The number of hydrogen-bond donors (Lipinski definition) is 1. The SMILES string of the molecule is Cc1nc2c(OCc3c(Cl)ccc(N(C)C(=O)CNC(=O)CN4CCN(c5ccncc5)CC4)c3Cl)cccn2c1Br.Cl.Cl.Cl.Cl. The van der Waals surface area contributed by atoms with Crippen molar-refractivity contribution < 1.29 is 14.3 Å². The number of nitrogens with zero attached hydrogens (tertiary/aromatic N) is 6. The summed E-state index contributed by atoms with van der Waals surface area (Å²) in [5.41, 5.74) is 3.61. The minimum Gasteiger partial charge on any atom is -0.485 e. The van der Waals surface area contributed by atoms with Gasteiger partial charge in [0, 0.05) is 68.1 Å². The third kappa shape index (κ3) is 9.67. The molecule has 0 atom stereocenters. The number of hydrogen-bond acceptors (Lipinski definition) is 7. The van der Waals surface area contributed by atoms with E-state index in [0.717, 1.165) is 42.2 Å². The van der Waals surface area contributed by atoms with Crippen LogP contribution in [0.3, 0.4) is 0 Å². The van der Waals surface area contributed by atoms with Crippen LogP contribution in [-0.2, 0) is 16.2 Å². The van der Waals surface area contributed by atoms with Crippen molar-refractivity contribution in [2.45, 2.75) is 13.5 Å². The van der Waals surface area contributed by atoms with E-state index in [2.05, 4.69) is 41.0 Å². The van der Waals surface area contributed by atoms with Gasteiger partial charge in [-0.2, -0.15) is 0 Å². The first-order valence-corrected chi connectivity index (χ1v) is 14.9. The molecule has 2 amide bonds. The molecule has 3 aromatic heterocycles. The maximum atomic E-state index is 13.0. The van der Waals surface area contributed by atoms with Crippen molar-refractivity contribution in [2.24, 2.45) is 0 Å². The van der Waals surface area contributed by atoms with E-state index >= 15 is 0 Å². The van der Waals surface area contributed by atoms with Gasteiger partial charge in [0.15, 0.2) is 11.4 Å². The van der Waals surface area contributed by atoms with Crippen LogP contribution < -0.4 is 19.9 Å². The fourth-order valence-corrected chi connectivity index (χ4v) is 5.75. The number of imidazole rings is 1. The second-order valence-corrected chi connectivity index (χ2v) is 11.4. The lowest BCUT2D eigenvalue weighted by molar-refractivity contribution is -0.125. The Kier molecular flexibility index (Phi) is 17.2. The first-order valence-electron chi connectivity index (χ1n) is 13.4. The van der Waals surface area contributed by atoms with E-state index in [4.69, 9.17) is 27.9 Å². The Morgan fingerprint density at radius 3 is 2.37 bits per heavy atom. The van der Waals surface area contributed by atoms with E-state index in [0.29, 0.717) is 32.7 Å². The van der Waals surface area contributed by atoms with Crippen molar-refractivity contribution in [3.63, 3.8) is 0 Å². The zero-order valence-electron chi connectivity index (χ0n) is 24.8. The Hall–Kier alpha value is -2.22. The topological polar surface area (TPSA) is 95.3 Å². The van der Waals surface area contributed by atoms with Crippen LogP contribution in [0.25, 0.3) is 5.65 Å². The molecular weight excluding hydrogens is 787 g/mol. The van der Waals surface area contributed by atoms with Gasteiger partial charge >= 0.3 is 0 Å². The van der Waals surface area contributed by atoms with Gasteiger partial charge in [0.2, 0.25) is 11.8 Å². The van der Waals surface area contributed by atoms with Crippen molar-refractivity contribution in [2.75, 3.05) is 56.1 Å². The van der Waals surface area contributed by atoms with Crippen molar-refractivity contribution in [1.82, 2.24) is 24.6 Å². The number of carbonyl (C=O) groups is 2. The summed E-state index contributed by atoms with van der Waals surface area (Å²) >= 11 is 16.7. The number of anilines is 2. The lowest BCUT2D eigenvalue weighted by Gasteiger charge is -2.35. The third-order valence-corrected chi connectivity index (χ3v) is 8.92. The third-order valence-electron chi connectivity index (χ3n) is 7.19. The number of rotatable bonds is 9. The Balaban J connectivity index is 0.00000264. The average molecular weight is 821 g/mol. The number of carbonyl (C=O) groups excluding carboxylic acids is 2. The summed E-state index contributed by atoms with van der Waals surface area (Å²) < 4.78 is 8.80. The van der Waals surface area contributed by atoms with Gasteiger partial charge in [0.05, 0.1) is 29.5 Å². The molecule has 1 aliphatic heterocycles. The highest BCUT2D eigenvalue weighted by Crippen LogP contribution is 2.35. The summed E-state index contributed by atoms with van der Waals surface area (Å²) in [6.07, 6.45) is 5.44. The molecule has 0 saturated carbocycles. The van der Waals surface area contributed by atoms with Gasteiger partial charge in [-0.3, -0.25) is 23.9 Å². The number of halogens is 7. The summed E-state index contributed by atoms with van der Waals surface area (Å²) in [6, 6.07) is 11.0. The standard InChI is InChI=1S/C29H30BrCl2N7O3.4ClH/c1-19-28(30)39-11-3-4-24(29(39)35-19)42-18-21-22(31)5-6-23(27(21)32)36(2)26(41)16-34-25(40)17-37-12-14-38(15-13-37)20-7-9-33-10-8-20;;;;/h3-11H,12-18H2,1-2H3,(H,34,40);4*1H. The molecule has 1 fully saturated rings. The highest BCUT2D eigenvalue weighted by Gasteiger charge is 2.22. The van der Waals surface area contributed by atoms with Crippen LogP contribution in [0.1, 0.15) is 11.3 Å². The highest BCUT2D eigenvalue weighted by atomic mass is 79.9. The van der Waals surface area contributed by atoms with Crippen LogP contribution in [0, 0.1) is 6.92 Å². The molecule has 0 spiro atoms. The molecule has 4 aromatic rings. The number of aromatic nitrogens is 3. The predicted octanol–water partition coefficient (Wildman–Crippen LogP) is 6.27. The van der Waals surface area contributed by atoms with E-state index in [1.807, 2.05) is 41.8 Å². The number of piperazine rings is 1. The predicted molar refractivity (Wildman–Crippen MR) is 197 cm³/mol. The van der Waals surface area contributed by atoms with Crippen LogP contribution >= 0.6 is 88.8 Å². The Morgan fingerprint density at radius 1 is 1.02 bits per heavy atom. The van der Waals surface area contributed by atoms with Gasteiger partial charge in [-0.25, -0.2) is 4.98 Å². The quantitative estimate of drug-likeness (QED) is 0.213. The molecule has 1 aromatic carbocycles. The van der Waals surface area contributed by atoms with Gasteiger partial charge in [0.25, 0.3) is 0 Å². The van der Waals surface area contributed by atoms with Crippen LogP contribution in [0.2, 0.25) is 10.0 Å². The molecule has 0 radical (unpaired) electrons. The van der Waals surface area contributed by atoms with E-state index < -0.39 is 0 Å². The minimum atomic E-state index is -0.315. The molecule has 0 bridgehead atoms. The van der Waals surface area contributed by atoms with Crippen LogP contribution in [0.4, 0.5) is 11.4 Å². The normalized spacial score (nSPS) is 12.6. The van der Waals surface area contributed by atoms with Crippen LogP contribution in [0.15, 0.2) is 59.6 Å². The summed E-state index contributed by atoms with van der Waals surface area (Å²) in [5.74, 6) is 0.0413. The van der Waals surface area contributed by atoms with Gasteiger partial charge < -0.3 is 19.9 Å². The zero-order valence-corrected chi connectivity index (χ0v) is 31.2. The number of pyridine rings is 2. The number of nitrogens with one attached hydrogen (secondary N) is 1. The Morgan fingerprint density at radius 2 is 1.70 bits per heavy atom. The lowest BCUT2D eigenvalue weighted by Crippen LogP contribution is -2.50. The van der Waals surface area contributed by atoms with E-state index in [1.165, 1.54) is 4.90 Å². The molecule has 0 aliphatic carbocycles. The molecule has 0 unspecified atom stereocenters. The first kappa shape index (κ1) is 41.8. The summed E-state index contributed by atoms with van der Waals surface area (Å²) in [7, 11) is 1.61. The number of likely N-dealkylation sites (N-methyl/N-ethyl adjacent to an activating group) is 1. The maximum absolute atomic E-state index is 13.0. The molecule has 1 saturated heterocycles. The molecule has 10 nitrogen and oxygen atoms in total. The van der Waals surface area contributed by atoms with Crippen molar-refractivity contribution in [3.05, 3.63) is 80.9 Å². The summed E-state index contributed by atoms with van der Waals surface area (Å²) in [4.78, 5) is 40.0. The monoisotopic (exact) mass is 817 g/mol. The Labute approximate surface area is 310 Å². The number of amides is 2. The van der Waals surface area contributed by atoms with E-state index in [9.17, 15) is 9.59 Å². The van der Waals surface area contributed by atoms with Gasteiger partial charge in [-0.15, -0.1) is 49.6 Å². The number of aryl methyl sites for hydroxylation is 1. The van der Waals surface area contributed by atoms with Crippen molar-refractivity contribution in [1.29, 1.82) is 0 Å². The molecule has 4 heterocycles. The fourth-order valence-electron chi connectivity index (χ4n) is 4.77. The molecule has 5 rings (SSSR count). The second-order valence-electron chi connectivity index (χ2n) is 9.90. The number of fused-ring (bicyclic) bond motifs is 1. The second kappa shape index (κ2) is 18.9. The smallest absolute Gasteiger partial charge is 0.246 e. The van der Waals surface area contributed by atoms with E-state index in [-0.39, 0.29) is 81.1 Å². The van der Waals surface area contributed by atoms with Gasteiger partial charge in [0.1, 0.15) is 11.2 Å². The molecule has 46 heavy (non-hydrogen) atoms. The van der Waals surface area contributed by atoms with Crippen LogP contribution in [-0.4, -0.2) is 77.4 Å². The van der Waals surface area contributed by atoms with Gasteiger partial charge in [-0.1, -0.05) is 23.2 Å². The van der Waals surface area contributed by atoms with E-state index in [1.54, 1.807) is 31.6 Å². The lowest BCUT2D eigenvalue weighted by atomic mass is 10.2. The summed E-state index contributed by atoms with van der Waals surface area (Å²) in [6.45, 7) is 5.17. The first-order chi connectivity index (χ1) is 20.2. The number of ether oxygens (including phenoxy) is 1. The molecule has 1 aliphatic rings. The number of benzene rings is 1. The van der Waals surface area contributed by atoms with Crippen molar-refractivity contribution >= 4 is 118 Å². The fraction of sp³-hybridized carbons (Fsp3) is 0.310. The maximum Gasteiger partial charge on any atom is 0.246 e. The van der Waals surface area contributed by atoms with Crippen molar-refractivity contribution in [3.8, 4) is 5.75 Å².